The van der Waals surface area contributed by atoms with Gasteiger partial charge >= 0.3 is 0 Å². The van der Waals surface area contributed by atoms with Crippen LogP contribution in [0.3, 0.4) is 0 Å². The molecule has 0 aliphatic rings. The standard InChI is InChI=1S/C12H20N2O6/c15-2-1-9(17)12(20)8-5-13-4-7(14-8)3-10(18)11(19)6-16/h4-5,9-12,15-20H,1-3,6H2/t9?,10-,11?,12?/m0/s1. The molecule has 0 saturated carbocycles. The largest absolute Gasteiger partial charge is 0.396 e. The summed E-state index contributed by atoms with van der Waals surface area (Å²) in [5.41, 5.74) is 0.409. The minimum Gasteiger partial charge on any atom is -0.396 e. The maximum Gasteiger partial charge on any atom is 0.123 e. The number of hydrogen-bond acceptors (Lipinski definition) is 8. The van der Waals surface area contributed by atoms with E-state index in [4.69, 9.17) is 10.2 Å². The number of hydrogen-bond donors (Lipinski definition) is 6. The molecule has 8 nitrogen and oxygen atoms in total. The molecule has 114 valence electrons. The first-order chi connectivity index (χ1) is 9.49. The lowest BCUT2D eigenvalue weighted by Crippen LogP contribution is -2.31. The average Bonchev–Trinajstić information content (AvgIpc) is 2.46. The van der Waals surface area contributed by atoms with E-state index in [2.05, 4.69) is 9.97 Å². The molecule has 6 N–H and O–H groups in total. The summed E-state index contributed by atoms with van der Waals surface area (Å²) in [5.74, 6) is 0. The number of aromatic nitrogens is 2. The van der Waals surface area contributed by atoms with Gasteiger partial charge in [0, 0.05) is 19.2 Å². The first-order valence-electron chi connectivity index (χ1n) is 6.24. The molecule has 8 heteroatoms. The Labute approximate surface area is 116 Å². The number of rotatable bonds is 8. The van der Waals surface area contributed by atoms with E-state index in [0.717, 1.165) is 0 Å². The Hall–Kier alpha value is -1.16. The van der Waals surface area contributed by atoms with E-state index in [9.17, 15) is 20.4 Å². The topological polar surface area (TPSA) is 147 Å². The minimum atomic E-state index is -1.30. The van der Waals surface area contributed by atoms with Gasteiger partial charge in [0.15, 0.2) is 0 Å². The van der Waals surface area contributed by atoms with Crippen molar-refractivity contribution in [3.63, 3.8) is 0 Å². The maximum absolute atomic E-state index is 9.82. The number of nitrogens with zero attached hydrogens (tertiary/aromatic N) is 2. The van der Waals surface area contributed by atoms with Gasteiger partial charge in [-0.25, -0.2) is 0 Å². The quantitative estimate of drug-likeness (QED) is 0.308. The summed E-state index contributed by atoms with van der Waals surface area (Å²) in [4.78, 5) is 7.86. The van der Waals surface area contributed by atoms with Gasteiger partial charge in [-0.05, 0) is 6.42 Å². The van der Waals surface area contributed by atoms with Gasteiger partial charge < -0.3 is 30.6 Å². The van der Waals surface area contributed by atoms with Crippen molar-refractivity contribution in [1.29, 1.82) is 0 Å². The van der Waals surface area contributed by atoms with Gasteiger partial charge in [-0.2, -0.15) is 0 Å². The highest BCUT2D eigenvalue weighted by Crippen LogP contribution is 2.16. The highest BCUT2D eigenvalue weighted by atomic mass is 16.4. The summed E-state index contributed by atoms with van der Waals surface area (Å²) >= 11 is 0. The first-order valence-corrected chi connectivity index (χ1v) is 6.24. The van der Waals surface area contributed by atoms with Crippen LogP contribution in [0.4, 0.5) is 0 Å². The maximum atomic E-state index is 9.82. The molecular formula is C12H20N2O6. The molecule has 1 rings (SSSR count). The highest BCUT2D eigenvalue weighted by molar-refractivity contribution is 5.08. The molecule has 0 radical (unpaired) electrons. The zero-order valence-electron chi connectivity index (χ0n) is 10.9. The fourth-order valence-corrected chi connectivity index (χ4v) is 1.62. The summed E-state index contributed by atoms with van der Waals surface area (Å²) in [6, 6.07) is 0. The fourth-order valence-electron chi connectivity index (χ4n) is 1.62. The second-order valence-corrected chi connectivity index (χ2v) is 4.48. The molecule has 0 fully saturated rings. The lowest BCUT2D eigenvalue weighted by Gasteiger charge is -2.18. The van der Waals surface area contributed by atoms with Crippen molar-refractivity contribution < 1.29 is 30.6 Å². The molecule has 0 saturated heterocycles. The Balaban J connectivity index is 2.75. The van der Waals surface area contributed by atoms with Crippen LogP contribution in [0.5, 0.6) is 0 Å². The Morgan fingerprint density at radius 3 is 2.25 bits per heavy atom. The van der Waals surface area contributed by atoms with E-state index >= 15 is 0 Å². The van der Waals surface area contributed by atoms with Crippen molar-refractivity contribution in [3.8, 4) is 0 Å². The third kappa shape index (κ3) is 4.75. The van der Waals surface area contributed by atoms with Crippen LogP contribution in [0.1, 0.15) is 23.9 Å². The van der Waals surface area contributed by atoms with Gasteiger partial charge in [0.2, 0.25) is 0 Å². The van der Waals surface area contributed by atoms with Crippen LogP contribution in [0.25, 0.3) is 0 Å². The molecule has 4 atom stereocenters. The third-order valence-corrected chi connectivity index (χ3v) is 2.84. The highest BCUT2D eigenvalue weighted by Gasteiger charge is 2.21. The Morgan fingerprint density at radius 1 is 0.950 bits per heavy atom. The number of aliphatic hydroxyl groups is 6. The monoisotopic (exact) mass is 288 g/mol. The van der Waals surface area contributed by atoms with Gasteiger partial charge in [-0.3, -0.25) is 9.97 Å². The summed E-state index contributed by atoms with van der Waals surface area (Å²) < 4.78 is 0. The molecule has 1 aromatic heterocycles. The summed E-state index contributed by atoms with van der Waals surface area (Å²) in [5, 5.41) is 55.6. The second kappa shape index (κ2) is 8.20. The number of aliphatic hydroxyl groups excluding tert-OH is 6. The van der Waals surface area contributed by atoms with Gasteiger partial charge in [-0.1, -0.05) is 0 Å². The summed E-state index contributed by atoms with van der Waals surface area (Å²) in [7, 11) is 0. The van der Waals surface area contributed by atoms with Gasteiger partial charge in [0.25, 0.3) is 0 Å². The van der Waals surface area contributed by atoms with Crippen LogP contribution >= 0.6 is 0 Å². The smallest absolute Gasteiger partial charge is 0.123 e. The van der Waals surface area contributed by atoms with Crippen molar-refractivity contribution in [2.75, 3.05) is 13.2 Å². The van der Waals surface area contributed by atoms with Crippen molar-refractivity contribution in [1.82, 2.24) is 9.97 Å². The second-order valence-electron chi connectivity index (χ2n) is 4.48. The van der Waals surface area contributed by atoms with Crippen LogP contribution in [-0.4, -0.2) is 72.1 Å². The van der Waals surface area contributed by atoms with Crippen LogP contribution in [0, 0.1) is 0 Å². The molecule has 0 aliphatic carbocycles. The minimum absolute atomic E-state index is 0.00107. The van der Waals surface area contributed by atoms with E-state index < -0.39 is 31.0 Å². The summed E-state index contributed by atoms with van der Waals surface area (Å²) in [6.45, 7) is -0.848. The average molecular weight is 288 g/mol. The predicted octanol–water partition coefficient (Wildman–Crippen LogP) is -2.49. The lowest BCUT2D eigenvalue weighted by molar-refractivity contribution is -0.0141. The molecule has 0 spiro atoms. The van der Waals surface area contributed by atoms with Crippen molar-refractivity contribution in [2.45, 2.75) is 37.3 Å². The predicted molar refractivity (Wildman–Crippen MR) is 67.5 cm³/mol. The molecule has 1 heterocycles. The normalized spacial score (nSPS) is 17.5. The van der Waals surface area contributed by atoms with Gasteiger partial charge in [-0.15, -0.1) is 0 Å². The molecule has 1 aromatic rings. The Bertz CT molecular complexity index is 405. The molecule has 0 bridgehead atoms. The van der Waals surface area contributed by atoms with Gasteiger partial charge in [0.05, 0.1) is 36.4 Å². The van der Waals surface area contributed by atoms with Crippen LogP contribution < -0.4 is 0 Å². The molecule has 0 aliphatic heterocycles. The van der Waals surface area contributed by atoms with E-state index in [1.807, 2.05) is 0 Å². The molecule has 3 unspecified atom stereocenters. The summed E-state index contributed by atoms with van der Waals surface area (Å²) in [6.07, 6.45) is -2.39. The fraction of sp³-hybridized carbons (Fsp3) is 0.667. The van der Waals surface area contributed by atoms with Crippen molar-refractivity contribution in [3.05, 3.63) is 23.8 Å². The zero-order chi connectivity index (χ0) is 15.1. The Morgan fingerprint density at radius 2 is 1.65 bits per heavy atom. The van der Waals surface area contributed by atoms with Crippen LogP contribution in [0.2, 0.25) is 0 Å². The SMILES string of the molecule is OCCC(O)C(O)c1cncc(C[C@H](O)C(O)CO)n1. The van der Waals surface area contributed by atoms with Crippen molar-refractivity contribution in [2.24, 2.45) is 0 Å². The van der Waals surface area contributed by atoms with E-state index in [0.29, 0.717) is 5.69 Å². The molecule has 0 amide bonds. The third-order valence-electron chi connectivity index (χ3n) is 2.84. The van der Waals surface area contributed by atoms with E-state index in [-0.39, 0.29) is 25.1 Å². The zero-order valence-corrected chi connectivity index (χ0v) is 10.9. The first kappa shape index (κ1) is 16.9. The lowest BCUT2D eigenvalue weighted by atomic mass is 10.1. The molecular weight excluding hydrogens is 268 g/mol. The van der Waals surface area contributed by atoms with E-state index in [1.54, 1.807) is 0 Å². The van der Waals surface area contributed by atoms with Crippen LogP contribution in [-0.2, 0) is 6.42 Å². The van der Waals surface area contributed by atoms with Crippen LogP contribution in [0.15, 0.2) is 12.4 Å². The molecule has 20 heavy (non-hydrogen) atoms. The molecule has 0 aromatic carbocycles. The van der Waals surface area contributed by atoms with Crippen molar-refractivity contribution >= 4 is 0 Å². The van der Waals surface area contributed by atoms with E-state index in [1.165, 1.54) is 12.4 Å². The Kier molecular flexibility index (Phi) is 6.93. The van der Waals surface area contributed by atoms with Gasteiger partial charge in [0.1, 0.15) is 12.2 Å².